The SMILES string of the molecule is CCN(CC)CCOc1cc(NC(=O)C2Cc3ccccc3CN2C(=O)CC(C)C)ccc1OC. The summed E-state index contributed by atoms with van der Waals surface area (Å²) in [6.07, 6.45) is 0.911. The van der Waals surface area contributed by atoms with Crippen molar-refractivity contribution < 1.29 is 19.1 Å². The summed E-state index contributed by atoms with van der Waals surface area (Å²) in [4.78, 5) is 30.5. The van der Waals surface area contributed by atoms with Crippen LogP contribution >= 0.6 is 0 Å². The van der Waals surface area contributed by atoms with Crippen LogP contribution in [-0.4, -0.2) is 61.0 Å². The fraction of sp³-hybridized carbons (Fsp3) is 0.500. The van der Waals surface area contributed by atoms with Gasteiger partial charge in [0.1, 0.15) is 12.6 Å². The van der Waals surface area contributed by atoms with Crippen LogP contribution < -0.4 is 14.8 Å². The van der Waals surface area contributed by atoms with Crippen molar-refractivity contribution in [2.45, 2.75) is 53.1 Å². The Morgan fingerprint density at radius 2 is 1.80 bits per heavy atom. The van der Waals surface area contributed by atoms with Crippen LogP contribution in [0, 0.1) is 5.92 Å². The van der Waals surface area contributed by atoms with E-state index in [0.717, 1.165) is 30.8 Å². The van der Waals surface area contributed by atoms with Crippen molar-refractivity contribution in [1.82, 2.24) is 9.80 Å². The van der Waals surface area contributed by atoms with Crippen molar-refractivity contribution in [3.8, 4) is 11.5 Å². The quantitative estimate of drug-likeness (QED) is 0.517. The topological polar surface area (TPSA) is 71.1 Å². The minimum Gasteiger partial charge on any atom is -0.493 e. The number of ether oxygens (including phenoxy) is 2. The summed E-state index contributed by atoms with van der Waals surface area (Å²) in [5, 5.41) is 3.02. The van der Waals surface area contributed by atoms with Gasteiger partial charge in [-0.1, -0.05) is 52.0 Å². The van der Waals surface area contributed by atoms with Crippen LogP contribution in [0.3, 0.4) is 0 Å². The van der Waals surface area contributed by atoms with Crippen LogP contribution in [0.15, 0.2) is 42.5 Å². The van der Waals surface area contributed by atoms with Gasteiger partial charge in [-0.25, -0.2) is 0 Å². The largest absolute Gasteiger partial charge is 0.493 e. The summed E-state index contributed by atoms with van der Waals surface area (Å²) in [7, 11) is 1.60. The van der Waals surface area contributed by atoms with Gasteiger partial charge in [0.15, 0.2) is 11.5 Å². The van der Waals surface area contributed by atoms with E-state index >= 15 is 0 Å². The molecule has 0 saturated carbocycles. The standard InChI is InChI=1S/C28H39N3O4/c1-6-30(7-2)14-15-35-26-18-23(12-13-25(26)34-5)29-28(33)24-17-21-10-8-9-11-22(21)19-31(24)27(32)16-20(3)4/h8-13,18,20,24H,6-7,14-17,19H2,1-5H3,(H,29,33). The van der Waals surface area contributed by atoms with Gasteiger partial charge in [0.2, 0.25) is 11.8 Å². The summed E-state index contributed by atoms with van der Waals surface area (Å²) in [5.41, 5.74) is 2.82. The highest BCUT2D eigenvalue weighted by Gasteiger charge is 2.34. The maximum absolute atomic E-state index is 13.4. The number of rotatable bonds is 11. The highest BCUT2D eigenvalue weighted by Crippen LogP contribution is 2.31. The molecule has 1 heterocycles. The number of likely N-dealkylation sites (N-methyl/N-ethyl adjacent to an activating group) is 1. The van der Waals surface area contributed by atoms with Crippen LogP contribution in [-0.2, 0) is 22.6 Å². The zero-order chi connectivity index (χ0) is 25.4. The number of fused-ring (bicyclic) bond motifs is 1. The van der Waals surface area contributed by atoms with E-state index in [-0.39, 0.29) is 17.7 Å². The second kappa shape index (κ2) is 12.6. The molecule has 0 radical (unpaired) electrons. The van der Waals surface area contributed by atoms with Gasteiger partial charge in [0.05, 0.1) is 7.11 Å². The van der Waals surface area contributed by atoms with Gasteiger partial charge in [-0.05, 0) is 42.3 Å². The lowest BCUT2D eigenvalue weighted by Gasteiger charge is -2.36. The second-order valence-corrected chi connectivity index (χ2v) is 9.34. The van der Waals surface area contributed by atoms with Gasteiger partial charge in [-0.15, -0.1) is 0 Å². The molecule has 0 aliphatic carbocycles. The number of benzene rings is 2. The van der Waals surface area contributed by atoms with E-state index in [9.17, 15) is 9.59 Å². The lowest BCUT2D eigenvalue weighted by atomic mass is 9.92. The average Bonchev–Trinajstić information content (AvgIpc) is 2.85. The van der Waals surface area contributed by atoms with Gasteiger partial charge in [-0.2, -0.15) is 0 Å². The predicted molar refractivity (Wildman–Crippen MR) is 139 cm³/mol. The molecular formula is C28H39N3O4. The van der Waals surface area contributed by atoms with Gasteiger partial charge in [0.25, 0.3) is 0 Å². The van der Waals surface area contributed by atoms with Crippen LogP contribution in [0.4, 0.5) is 5.69 Å². The van der Waals surface area contributed by atoms with Gasteiger partial charge >= 0.3 is 0 Å². The first-order valence-corrected chi connectivity index (χ1v) is 12.6. The molecule has 1 atom stereocenters. The molecule has 1 unspecified atom stereocenters. The molecule has 7 nitrogen and oxygen atoms in total. The molecule has 2 amide bonds. The van der Waals surface area contributed by atoms with E-state index in [4.69, 9.17) is 9.47 Å². The molecule has 3 rings (SSSR count). The third kappa shape index (κ3) is 6.98. The normalized spacial score (nSPS) is 15.2. The minimum absolute atomic E-state index is 0.00445. The zero-order valence-corrected chi connectivity index (χ0v) is 21.7. The first-order chi connectivity index (χ1) is 16.9. The molecule has 0 aromatic heterocycles. The number of nitrogens with one attached hydrogen (secondary N) is 1. The first kappa shape index (κ1) is 26.5. The lowest BCUT2D eigenvalue weighted by Crippen LogP contribution is -2.50. The Hall–Kier alpha value is -3.06. The van der Waals surface area contributed by atoms with E-state index in [0.29, 0.717) is 43.2 Å². The number of carbonyl (C=O) groups is 2. The molecule has 35 heavy (non-hydrogen) atoms. The molecule has 2 aromatic carbocycles. The summed E-state index contributed by atoms with van der Waals surface area (Å²) in [6.45, 7) is 12.0. The predicted octanol–water partition coefficient (Wildman–Crippen LogP) is 4.35. The molecule has 1 aliphatic heterocycles. The molecular weight excluding hydrogens is 442 g/mol. The maximum atomic E-state index is 13.4. The van der Waals surface area contributed by atoms with Gasteiger partial charge < -0.3 is 24.6 Å². The number of anilines is 1. The van der Waals surface area contributed by atoms with Crippen molar-refractivity contribution >= 4 is 17.5 Å². The Morgan fingerprint density at radius 1 is 1.09 bits per heavy atom. The Morgan fingerprint density at radius 3 is 2.46 bits per heavy atom. The third-order valence-corrected chi connectivity index (χ3v) is 6.45. The Bertz CT molecular complexity index is 1000. The highest BCUT2D eigenvalue weighted by molar-refractivity contribution is 5.98. The molecule has 0 spiro atoms. The van der Waals surface area contributed by atoms with Crippen molar-refractivity contribution in [1.29, 1.82) is 0 Å². The van der Waals surface area contributed by atoms with Crippen LogP contribution in [0.25, 0.3) is 0 Å². The second-order valence-electron chi connectivity index (χ2n) is 9.34. The average molecular weight is 482 g/mol. The summed E-state index contributed by atoms with van der Waals surface area (Å²) >= 11 is 0. The van der Waals surface area contributed by atoms with E-state index in [1.54, 1.807) is 30.2 Å². The summed E-state index contributed by atoms with van der Waals surface area (Å²) in [5.74, 6) is 1.23. The number of nitrogens with zero attached hydrogens (tertiary/aromatic N) is 2. The zero-order valence-electron chi connectivity index (χ0n) is 21.7. The molecule has 0 saturated heterocycles. The molecule has 2 aromatic rings. The van der Waals surface area contributed by atoms with E-state index < -0.39 is 6.04 Å². The summed E-state index contributed by atoms with van der Waals surface area (Å²) < 4.78 is 11.4. The summed E-state index contributed by atoms with van der Waals surface area (Å²) in [6, 6.07) is 12.8. The van der Waals surface area contributed by atoms with Crippen LogP contribution in [0.2, 0.25) is 0 Å². The van der Waals surface area contributed by atoms with Crippen molar-refractivity contribution in [2.75, 3.05) is 38.7 Å². The van der Waals surface area contributed by atoms with Crippen molar-refractivity contribution in [3.63, 3.8) is 0 Å². The minimum atomic E-state index is -0.565. The molecule has 0 bridgehead atoms. The number of carbonyl (C=O) groups excluding carboxylic acids is 2. The van der Waals surface area contributed by atoms with Crippen LogP contribution in [0.5, 0.6) is 11.5 Å². The Balaban J connectivity index is 1.76. The van der Waals surface area contributed by atoms with Crippen LogP contribution in [0.1, 0.15) is 45.2 Å². The van der Waals surface area contributed by atoms with E-state index in [1.807, 2.05) is 38.1 Å². The van der Waals surface area contributed by atoms with E-state index in [2.05, 4.69) is 24.1 Å². The smallest absolute Gasteiger partial charge is 0.247 e. The molecule has 1 aliphatic rings. The molecule has 0 fully saturated rings. The monoisotopic (exact) mass is 481 g/mol. The maximum Gasteiger partial charge on any atom is 0.247 e. The lowest BCUT2D eigenvalue weighted by molar-refractivity contribution is -0.140. The Labute approximate surface area is 209 Å². The van der Waals surface area contributed by atoms with Crippen molar-refractivity contribution in [3.05, 3.63) is 53.6 Å². The van der Waals surface area contributed by atoms with E-state index in [1.165, 1.54) is 0 Å². The molecule has 1 N–H and O–H groups in total. The fourth-order valence-corrected chi connectivity index (χ4v) is 4.40. The van der Waals surface area contributed by atoms with Crippen molar-refractivity contribution in [2.24, 2.45) is 5.92 Å². The highest BCUT2D eigenvalue weighted by atomic mass is 16.5. The molecule has 190 valence electrons. The number of amides is 2. The number of methoxy groups -OCH3 is 1. The number of hydrogen-bond acceptors (Lipinski definition) is 5. The first-order valence-electron chi connectivity index (χ1n) is 12.6. The molecule has 7 heteroatoms. The van der Waals surface area contributed by atoms with Gasteiger partial charge in [0, 0.05) is 37.7 Å². The number of hydrogen-bond donors (Lipinski definition) is 1. The fourth-order valence-electron chi connectivity index (χ4n) is 4.40. The third-order valence-electron chi connectivity index (χ3n) is 6.45. The Kier molecular flexibility index (Phi) is 9.55. The van der Waals surface area contributed by atoms with Gasteiger partial charge in [-0.3, -0.25) is 9.59 Å².